The molecule has 1 aromatic heterocycles. The molecular formula is C17H25N5O2. The van der Waals surface area contributed by atoms with Crippen molar-refractivity contribution < 1.29 is 9.59 Å². The number of hydrogen-bond donors (Lipinski definition) is 1. The van der Waals surface area contributed by atoms with E-state index in [1.165, 1.54) is 12.8 Å². The lowest BCUT2D eigenvalue weighted by atomic mass is 10.3. The maximum absolute atomic E-state index is 12.4. The molecule has 7 heteroatoms. The topological polar surface area (TPSA) is 68.8 Å². The summed E-state index contributed by atoms with van der Waals surface area (Å²) in [6.07, 6.45) is 4.95. The van der Waals surface area contributed by atoms with Crippen LogP contribution in [0.1, 0.15) is 26.2 Å². The van der Waals surface area contributed by atoms with Crippen LogP contribution in [-0.2, 0) is 4.79 Å². The molecule has 0 radical (unpaired) electrons. The second-order valence-corrected chi connectivity index (χ2v) is 6.38. The molecule has 0 atom stereocenters. The minimum absolute atomic E-state index is 0.0685. The summed E-state index contributed by atoms with van der Waals surface area (Å²) in [5.74, 6) is 1.04. The van der Waals surface area contributed by atoms with E-state index in [-0.39, 0.29) is 11.9 Å². The highest BCUT2D eigenvalue weighted by atomic mass is 16.2. The smallest absolute Gasteiger partial charge is 0.321 e. The Labute approximate surface area is 142 Å². The summed E-state index contributed by atoms with van der Waals surface area (Å²) < 4.78 is 0. The van der Waals surface area contributed by atoms with E-state index in [1.807, 2.05) is 12.1 Å². The Balaban J connectivity index is 1.55. The lowest BCUT2D eigenvalue weighted by molar-refractivity contribution is -0.128. The Kier molecular flexibility index (Phi) is 5.17. The molecule has 24 heavy (non-hydrogen) atoms. The van der Waals surface area contributed by atoms with Crippen LogP contribution in [0.15, 0.2) is 18.3 Å². The van der Waals surface area contributed by atoms with E-state index in [0.717, 1.165) is 25.3 Å². The van der Waals surface area contributed by atoms with Crippen LogP contribution < -0.4 is 10.2 Å². The van der Waals surface area contributed by atoms with Crippen molar-refractivity contribution >= 4 is 23.4 Å². The van der Waals surface area contributed by atoms with Crippen molar-refractivity contribution in [2.24, 2.45) is 0 Å². The minimum Gasteiger partial charge on any atom is -0.357 e. The van der Waals surface area contributed by atoms with Gasteiger partial charge in [-0.25, -0.2) is 9.78 Å². The third-order valence-electron chi connectivity index (χ3n) is 4.66. The zero-order valence-corrected chi connectivity index (χ0v) is 14.2. The molecule has 0 spiro atoms. The van der Waals surface area contributed by atoms with Gasteiger partial charge in [0.1, 0.15) is 5.82 Å². The van der Waals surface area contributed by atoms with E-state index in [1.54, 1.807) is 22.9 Å². The Hall–Kier alpha value is -2.31. The quantitative estimate of drug-likeness (QED) is 0.897. The van der Waals surface area contributed by atoms with Gasteiger partial charge in [-0.15, -0.1) is 0 Å². The van der Waals surface area contributed by atoms with Crippen LogP contribution >= 0.6 is 0 Å². The highest BCUT2D eigenvalue weighted by molar-refractivity contribution is 5.89. The van der Waals surface area contributed by atoms with Crippen LogP contribution in [0, 0.1) is 0 Å². The molecule has 1 N–H and O–H groups in total. The van der Waals surface area contributed by atoms with E-state index in [0.29, 0.717) is 31.9 Å². The van der Waals surface area contributed by atoms with E-state index in [9.17, 15) is 9.59 Å². The summed E-state index contributed by atoms with van der Waals surface area (Å²) in [7, 11) is 0. The predicted octanol–water partition coefficient (Wildman–Crippen LogP) is 1.77. The fourth-order valence-electron chi connectivity index (χ4n) is 3.23. The van der Waals surface area contributed by atoms with Gasteiger partial charge in [-0.05, 0) is 31.4 Å². The number of aromatic nitrogens is 1. The second kappa shape index (κ2) is 7.51. The molecule has 0 unspecified atom stereocenters. The van der Waals surface area contributed by atoms with Crippen LogP contribution in [0.3, 0.4) is 0 Å². The third kappa shape index (κ3) is 3.96. The molecule has 2 saturated heterocycles. The van der Waals surface area contributed by atoms with Gasteiger partial charge in [-0.3, -0.25) is 4.79 Å². The molecule has 2 fully saturated rings. The van der Waals surface area contributed by atoms with Gasteiger partial charge in [0, 0.05) is 46.2 Å². The van der Waals surface area contributed by atoms with E-state index >= 15 is 0 Å². The maximum atomic E-state index is 12.4. The molecule has 0 aromatic carbocycles. The number of amides is 3. The van der Waals surface area contributed by atoms with Gasteiger partial charge >= 0.3 is 6.03 Å². The fourth-order valence-corrected chi connectivity index (χ4v) is 3.23. The number of carbonyl (C=O) groups is 2. The SMILES string of the molecule is CC(=O)N1CCCN(C(=O)Nc2ccc(N3CCCC3)nc2)CC1. The fraction of sp³-hybridized carbons (Fsp3) is 0.588. The summed E-state index contributed by atoms with van der Waals surface area (Å²) in [5, 5.41) is 2.90. The van der Waals surface area contributed by atoms with Crippen LogP contribution in [0.2, 0.25) is 0 Å². The average molecular weight is 331 g/mol. The van der Waals surface area contributed by atoms with Gasteiger partial charge in [0.2, 0.25) is 5.91 Å². The second-order valence-electron chi connectivity index (χ2n) is 6.38. The van der Waals surface area contributed by atoms with Gasteiger partial charge in [0.15, 0.2) is 0 Å². The molecule has 3 amide bonds. The molecule has 2 aliphatic rings. The number of pyridine rings is 1. The van der Waals surface area contributed by atoms with Crippen molar-refractivity contribution in [1.82, 2.24) is 14.8 Å². The lowest BCUT2D eigenvalue weighted by Crippen LogP contribution is -2.38. The van der Waals surface area contributed by atoms with Gasteiger partial charge in [0.05, 0.1) is 11.9 Å². The first-order valence-corrected chi connectivity index (χ1v) is 8.66. The number of hydrogen-bond acceptors (Lipinski definition) is 4. The van der Waals surface area contributed by atoms with Crippen molar-refractivity contribution in [2.75, 3.05) is 49.5 Å². The summed E-state index contributed by atoms with van der Waals surface area (Å²) in [6.45, 7) is 6.21. The van der Waals surface area contributed by atoms with Crippen molar-refractivity contribution in [1.29, 1.82) is 0 Å². The first-order valence-electron chi connectivity index (χ1n) is 8.66. The predicted molar refractivity (Wildman–Crippen MR) is 93.1 cm³/mol. The average Bonchev–Trinajstić information content (AvgIpc) is 2.99. The molecular weight excluding hydrogens is 306 g/mol. The largest absolute Gasteiger partial charge is 0.357 e. The number of nitrogens with zero attached hydrogens (tertiary/aromatic N) is 4. The molecule has 7 nitrogen and oxygen atoms in total. The van der Waals surface area contributed by atoms with Crippen molar-refractivity contribution in [3.8, 4) is 0 Å². The number of anilines is 2. The van der Waals surface area contributed by atoms with E-state index in [2.05, 4.69) is 15.2 Å². The standard InChI is InChI=1S/C17H25N5O2/c1-14(23)20-9-4-10-22(12-11-20)17(24)19-15-5-6-16(18-13-15)21-7-2-3-8-21/h5-6,13H,2-4,7-12H2,1H3,(H,19,24). The molecule has 3 heterocycles. The molecule has 130 valence electrons. The summed E-state index contributed by atoms with van der Waals surface area (Å²) in [4.78, 5) is 34.1. The number of nitrogens with one attached hydrogen (secondary N) is 1. The van der Waals surface area contributed by atoms with Crippen molar-refractivity contribution in [3.63, 3.8) is 0 Å². The molecule has 0 aliphatic carbocycles. The zero-order chi connectivity index (χ0) is 16.9. The Morgan fingerprint density at radius 3 is 2.33 bits per heavy atom. The van der Waals surface area contributed by atoms with Crippen LogP contribution in [0.5, 0.6) is 0 Å². The summed E-state index contributed by atoms with van der Waals surface area (Å²) in [6, 6.07) is 3.73. The normalized spacial score (nSPS) is 18.5. The van der Waals surface area contributed by atoms with Crippen LogP contribution in [0.4, 0.5) is 16.3 Å². The van der Waals surface area contributed by atoms with Gasteiger partial charge in [-0.2, -0.15) is 0 Å². The van der Waals surface area contributed by atoms with E-state index in [4.69, 9.17) is 0 Å². The Bertz CT molecular complexity index is 583. The van der Waals surface area contributed by atoms with Crippen molar-refractivity contribution in [3.05, 3.63) is 18.3 Å². The number of urea groups is 1. The molecule has 2 aliphatic heterocycles. The minimum atomic E-state index is -0.129. The highest BCUT2D eigenvalue weighted by Crippen LogP contribution is 2.19. The Morgan fingerprint density at radius 2 is 1.67 bits per heavy atom. The van der Waals surface area contributed by atoms with Gasteiger partial charge in [0.25, 0.3) is 0 Å². The number of carbonyl (C=O) groups excluding carboxylic acids is 2. The molecule has 0 saturated carbocycles. The first kappa shape index (κ1) is 16.5. The van der Waals surface area contributed by atoms with Gasteiger partial charge < -0.3 is 20.0 Å². The van der Waals surface area contributed by atoms with Crippen LogP contribution in [0.25, 0.3) is 0 Å². The molecule has 0 bridgehead atoms. The molecule has 1 aromatic rings. The van der Waals surface area contributed by atoms with E-state index < -0.39 is 0 Å². The molecule has 3 rings (SSSR count). The van der Waals surface area contributed by atoms with Crippen molar-refractivity contribution in [2.45, 2.75) is 26.2 Å². The summed E-state index contributed by atoms with van der Waals surface area (Å²) >= 11 is 0. The summed E-state index contributed by atoms with van der Waals surface area (Å²) in [5.41, 5.74) is 0.704. The van der Waals surface area contributed by atoms with Crippen LogP contribution in [-0.4, -0.2) is 66.0 Å². The zero-order valence-electron chi connectivity index (χ0n) is 14.2. The Morgan fingerprint density at radius 1 is 0.958 bits per heavy atom. The first-order chi connectivity index (χ1) is 11.6. The van der Waals surface area contributed by atoms with Gasteiger partial charge in [-0.1, -0.05) is 0 Å². The lowest BCUT2D eigenvalue weighted by Gasteiger charge is -2.22. The number of rotatable bonds is 2. The maximum Gasteiger partial charge on any atom is 0.321 e. The third-order valence-corrected chi connectivity index (χ3v) is 4.66. The monoisotopic (exact) mass is 331 g/mol. The highest BCUT2D eigenvalue weighted by Gasteiger charge is 2.20.